The van der Waals surface area contributed by atoms with Gasteiger partial charge in [0.05, 0.1) is 38.4 Å². The van der Waals surface area contributed by atoms with E-state index in [9.17, 15) is 25.2 Å². The highest BCUT2D eigenvalue weighted by Crippen LogP contribution is 2.55. The van der Waals surface area contributed by atoms with Crippen LogP contribution in [0.2, 0.25) is 0 Å². The average Bonchev–Trinajstić information content (AvgIpc) is 2.88. The molecule has 0 spiro atoms. The molecule has 38 heavy (non-hydrogen) atoms. The van der Waals surface area contributed by atoms with Crippen molar-refractivity contribution in [1.29, 1.82) is 0 Å². The summed E-state index contributed by atoms with van der Waals surface area (Å²) in [6.07, 6.45) is 1.06. The number of piperazine rings is 1. The van der Waals surface area contributed by atoms with Crippen molar-refractivity contribution < 1.29 is 34.7 Å². The summed E-state index contributed by atoms with van der Waals surface area (Å²) < 4.78 is 10.9. The number of carbonyl (C=O) groups is 1. The number of methoxy groups -OCH3 is 2. The number of rotatable bonds is 5. The molecule has 3 aliphatic rings. The van der Waals surface area contributed by atoms with E-state index in [4.69, 9.17) is 15.2 Å². The molecule has 0 saturated carbocycles. The first-order valence-electron chi connectivity index (χ1n) is 12.5. The summed E-state index contributed by atoms with van der Waals surface area (Å²) in [6.45, 7) is 5.02. The summed E-state index contributed by atoms with van der Waals surface area (Å²) in [6, 6.07) is -0.591. The van der Waals surface area contributed by atoms with E-state index in [-0.39, 0.29) is 29.5 Å². The molecule has 5 atom stereocenters. The van der Waals surface area contributed by atoms with Crippen LogP contribution in [0.4, 0.5) is 0 Å². The molecule has 3 aliphatic heterocycles. The van der Waals surface area contributed by atoms with Gasteiger partial charge in [-0.2, -0.15) is 0 Å². The number of fused-ring (bicyclic) bond motifs is 7. The maximum absolute atomic E-state index is 12.4. The van der Waals surface area contributed by atoms with Gasteiger partial charge in [0, 0.05) is 34.5 Å². The Bertz CT molecular complexity index is 1360. The van der Waals surface area contributed by atoms with Gasteiger partial charge in [-0.05, 0) is 44.4 Å². The molecule has 1 fully saturated rings. The molecule has 11 heteroatoms. The third kappa shape index (κ3) is 3.64. The lowest BCUT2D eigenvalue weighted by Crippen LogP contribution is -2.62. The largest absolute Gasteiger partial charge is 0.507 e. The van der Waals surface area contributed by atoms with Gasteiger partial charge in [0.15, 0.2) is 23.0 Å². The van der Waals surface area contributed by atoms with Crippen LogP contribution in [0.15, 0.2) is 11.8 Å². The monoisotopic (exact) mass is 526 g/mol. The van der Waals surface area contributed by atoms with Crippen molar-refractivity contribution in [1.82, 2.24) is 15.5 Å². The van der Waals surface area contributed by atoms with Crippen LogP contribution >= 0.6 is 0 Å². The minimum Gasteiger partial charge on any atom is -0.507 e. The molecule has 3 heterocycles. The molecule has 0 aromatic heterocycles. The fourth-order valence-corrected chi connectivity index (χ4v) is 6.09. The van der Waals surface area contributed by atoms with E-state index >= 15 is 0 Å². The predicted molar refractivity (Wildman–Crippen MR) is 139 cm³/mol. The van der Waals surface area contributed by atoms with Crippen molar-refractivity contribution in [3.63, 3.8) is 0 Å². The van der Waals surface area contributed by atoms with Crippen molar-refractivity contribution in [3.05, 3.63) is 45.1 Å². The first kappa shape index (κ1) is 26.0. The first-order valence-corrected chi connectivity index (χ1v) is 12.5. The molecule has 1 amide bonds. The smallest absolute Gasteiger partial charge is 0.236 e. The van der Waals surface area contributed by atoms with Crippen molar-refractivity contribution >= 4 is 12.0 Å². The molecule has 0 radical (unpaired) electrons. The fraction of sp³-hybridized carbons (Fsp3) is 0.444. The highest BCUT2D eigenvalue weighted by atomic mass is 16.5. The van der Waals surface area contributed by atoms with Gasteiger partial charge in [0.2, 0.25) is 5.91 Å². The molecule has 0 aliphatic carbocycles. The Labute approximate surface area is 220 Å². The van der Waals surface area contributed by atoms with E-state index in [1.54, 1.807) is 24.8 Å². The number of phenolic OH excluding ortho intramolecular Hbond substituents is 3. The Kier molecular flexibility index (Phi) is 6.33. The van der Waals surface area contributed by atoms with Gasteiger partial charge in [-0.15, -0.1) is 0 Å². The number of aromatic hydroxyl groups is 3. The van der Waals surface area contributed by atoms with E-state index in [2.05, 4.69) is 10.6 Å². The van der Waals surface area contributed by atoms with Crippen LogP contribution in [0.25, 0.3) is 6.08 Å². The van der Waals surface area contributed by atoms with Crippen LogP contribution in [0.1, 0.15) is 52.4 Å². The Balaban J connectivity index is 1.75. The summed E-state index contributed by atoms with van der Waals surface area (Å²) in [5.74, 6) is -0.220. The van der Waals surface area contributed by atoms with Crippen molar-refractivity contribution in [2.45, 2.75) is 57.6 Å². The van der Waals surface area contributed by atoms with E-state index in [1.807, 2.05) is 13.0 Å². The van der Waals surface area contributed by atoms with E-state index in [1.165, 1.54) is 14.2 Å². The van der Waals surface area contributed by atoms with E-state index in [0.29, 0.717) is 40.1 Å². The van der Waals surface area contributed by atoms with Crippen LogP contribution in [0.3, 0.4) is 0 Å². The Morgan fingerprint density at radius 3 is 2.45 bits per heavy atom. The number of nitrogens with zero attached hydrogens (tertiary/aromatic N) is 1. The molecule has 1 saturated heterocycles. The fourth-order valence-electron chi connectivity index (χ4n) is 6.09. The van der Waals surface area contributed by atoms with Crippen LogP contribution < -0.4 is 25.8 Å². The summed E-state index contributed by atoms with van der Waals surface area (Å²) in [7, 11) is 2.89. The van der Waals surface area contributed by atoms with Gasteiger partial charge in [-0.1, -0.05) is 6.07 Å². The number of phenols is 3. The van der Waals surface area contributed by atoms with Gasteiger partial charge in [-0.3, -0.25) is 10.1 Å². The summed E-state index contributed by atoms with van der Waals surface area (Å²) >= 11 is 0. The Hall–Kier alpha value is -3.67. The third-order valence-corrected chi connectivity index (χ3v) is 7.88. The number of carbonyl (C=O) groups excluding carboxylic acids is 1. The second-order valence-corrected chi connectivity index (χ2v) is 10.2. The summed E-state index contributed by atoms with van der Waals surface area (Å²) in [4.78, 5) is 14.2. The minimum atomic E-state index is -1.06. The third-order valence-electron chi connectivity index (χ3n) is 7.88. The molecule has 8 N–H and O–H groups in total. The van der Waals surface area contributed by atoms with Crippen LogP contribution in [0.5, 0.6) is 28.7 Å². The van der Waals surface area contributed by atoms with Crippen molar-refractivity contribution in [2.75, 3.05) is 20.8 Å². The number of aliphatic hydroxyl groups excluding tert-OH is 1. The zero-order valence-corrected chi connectivity index (χ0v) is 22.0. The normalized spacial score (nSPS) is 24.0. The van der Waals surface area contributed by atoms with Crippen molar-refractivity contribution in [2.24, 2.45) is 5.73 Å². The highest BCUT2D eigenvalue weighted by molar-refractivity contribution is 5.81. The summed E-state index contributed by atoms with van der Waals surface area (Å²) in [5.41, 5.74) is 9.58. The molecule has 2 aromatic rings. The zero-order chi connectivity index (χ0) is 27.6. The van der Waals surface area contributed by atoms with Crippen LogP contribution in [-0.4, -0.2) is 70.3 Å². The zero-order valence-electron chi connectivity index (χ0n) is 22.0. The number of amides is 1. The maximum Gasteiger partial charge on any atom is 0.236 e. The number of aliphatic hydroxyl groups is 1. The lowest BCUT2D eigenvalue weighted by atomic mass is 9.78. The van der Waals surface area contributed by atoms with E-state index in [0.717, 1.165) is 11.1 Å². The lowest BCUT2D eigenvalue weighted by Gasteiger charge is -2.54. The molecular formula is C27H34N4O7. The van der Waals surface area contributed by atoms with Gasteiger partial charge in [0.1, 0.15) is 12.0 Å². The number of hydrogen-bond donors (Lipinski definition) is 7. The summed E-state index contributed by atoms with van der Waals surface area (Å²) in [5, 5.41) is 51.6. The first-order chi connectivity index (χ1) is 18.0. The number of nitrogens with one attached hydrogen (secondary N) is 2. The topological polar surface area (TPSA) is 170 Å². The van der Waals surface area contributed by atoms with Gasteiger partial charge < -0.3 is 45.9 Å². The molecule has 2 bridgehead atoms. The molecular weight excluding hydrogens is 492 g/mol. The SMILES string of the molecule is COc1c(C)cc2c(c1O)C1NC(C2)C(O)N2C1=Cc1c(O)c(C)c(OC)c(O)c1C2CNC(=O)C(C)N. The molecule has 5 unspecified atom stereocenters. The number of hydrogen-bond acceptors (Lipinski definition) is 10. The lowest BCUT2D eigenvalue weighted by molar-refractivity contribution is -0.122. The van der Waals surface area contributed by atoms with Gasteiger partial charge in [0.25, 0.3) is 0 Å². The van der Waals surface area contributed by atoms with Crippen LogP contribution in [-0.2, 0) is 11.2 Å². The second kappa shape index (κ2) is 9.26. The number of ether oxygens (including phenoxy) is 2. The van der Waals surface area contributed by atoms with Gasteiger partial charge >= 0.3 is 0 Å². The Morgan fingerprint density at radius 1 is 1.16 bits per heavy atom. The Morgan fingerprint density at radius 2 is 1.82 bits per heavy atom. The average molecular weight is 527 g/mol. The molecule has 5 rings (SSSR count). The molecule has 2 aromatic carbocycles. The number of nitrogens with two attached hydrogens (primary N) is 1. The number of aryl methyl sites for hydroxylation is 1. The van der Waals surface area contributed by atoms with Gasteiger partial charge in [-0.25, -0.2) is 0 Å². The highest BCUT2D eigenvalue weighted by Gasteiger charge is 2.49. The van der Waals surface area contributed by atoms with Crippen molar-refractivity contribution in [3.8, 4) is 28.7 Å². The minimum absolute atomic E-state index is 0.00118. The van der Waals surface area contributed by atoms with E-state index < -0.39 is 36.3 Å². The maximum atomic E-state index is 12.4. The molecule has 11 nitrogen and oxygen atoms in total. The van der Waals surface area contributed by atoms with Crippen LogP contribution in [0, 0.1) is 13.8 Å². The standard InChI is InChI=1S/C27H34N4O7/c1-10-6-13-7-15-27(36)31-16(20(30-15)18(13)22(33)24(10)37-4)8-14-19(17(31)9-29-26(35)12(3)28)23(34)25(38-5)11(2)21(14)32/h6,8,12,15,17,20,27,30,32-34,36H,7,9,28H2,1-5H3,(H,29,35). The number of benzene rings is 2. The quantitative estimate of drug-likeness (QED) is 0.281. The molecule has 204 valence electrons. The predicted octanol–water partition coefficient (Wildman–Crippen LogP) is 1.19. The second-order valence-electron chi connectivity index (χ2n) is 10.2.